The third-order valence-electron chi connectivity index (χ3n) is 2.20. The van der Waals surface area contributed by atoms with Gasteiger partial charge in [-0.25, -0.2) is 0 Å². The first-order valence-electron chi connectivity index (χ1n) is 5.11. The zero-order valence-electron chi connectivity index (χ0n) is 9.80. The van der Waals surface area contributed by atoms with Crippen LogP contribution < -0.4 is 5.32 Å². The number of nitrogens with one attached hydrogen (secondary N) is 1. The predicted octanol–water partition coefficient (Wildman–Crippen LogP) is 1.44. The van der Waals surface area contributed by atoms with Gasteiger partial charge in [0.15, 0.2) is 0 Å². The monoisotopic (exact) mass is 234 g/mol. The van der Waals surface area contributed by atoms with E-state index < -0.39 is 4.92 Å². The van der Waals surface area contributed by atoms with Gasteiger partial charge >= 0.3 is 0 Å². The Labute approximate surface area is 99.6 Å². The van der Waals surface area contributed by atoms with Gasteiger partial charge in [0.2, 0.25) is 0 Å². The lowest BCUT2D eigenvalue weighted by molar-refractivity contribution is -0.384. The fourth-order valence-electron chi connectivity index (χ4n) is 1.32. The maximum absolute atomic E-state index is 10.8. The van der Waals surface area contributed by atoms with Crippen molar-refractivity contribution in [2.75, 3.05) is 32.5 Å². The summed E-state index contributed by atoms with van der Waals surface area (Å²) in [5.74, 6) is 0. The molecule has 0 aliphatic carbocycles. The second-order valence-corrected chi connectivity index (χ2v) is 3.83. The Balaban J connectivity index is 2.84. The molecule has 17 heavy (non-hydrogen) atoms. The number of hydrogen-bond acceptors (Lipinski definition) is 5. The van der Waals surface area contributed by atoms with Gasteiger partial charge in [-0.1, -0.05) is 0 Å². The van der Waals surface area contributed by atoms with E-state index in [1.165, 1.54) is 6.07 Å². The molecule has 0 spiro atoms. The number of likely N-dealkylation sites (N-methyl/N-ethyl adjacent to an activating group) is 1. The molecule has 0 saturated heterocycles. The Morgan fingerprint density at radius 2 is 2.24 bits per heavy atom. The minimum atomic E-state index is -0.487. The lowest BCUT2D eigenvalue weighted by Crippen LogP contribution is -2.21. The Morgan fingerprint density at radius 3 is 2.76 bits per heavy atom. The highest BCUT2D eigenvalue weighted by Crippen LogP contribution is 2.24. The van der Waals surface area contributed by atoms with Crippen molar-refractivity contribution in [1.82, 2.24) is 4.90 Å². The van der Waals surface area contributed by atoms with Gasteiger partial charge < -0.3 is 10.2 Å². The molecule has 1 rings (SSSR count). The van der Waals surface area contributed by atoms with Gasteiger partial charge in [-0.3, -0.25) is 10.1 Å². The molecule has 1 aromatic carbocycles. The maximum Gasteiger partial charge on any atom is 0.293 e. The molecule has 0 amide bonds. The third kappa shape index (κ3) is 3.74. The van der Waals surface area contributed by atoms with Crippen LogP contribution in [0.3, 0.4) is 0 Å². The predicted molar refractivity (Wildman–Crippen MR) is 64.9 cm³/mol. The van der Waals surface area contributed by atoms with Gasteiger partial charge in [-0.05, 0) is 26.2 Å². The highest BCUT2D eigenvalue weighted by molar-refractivity contribution is 5.64. The highest BCUT2D eigenvalue weighted by atomic mass is 16.6. The summed E-state index contributed by atoms with van der Waals surface area (Å²) in [6.45, 7) is 1.39. The van der Waals surface area contributed by atoms with Crippen molar-refractivity contribution in [2.24, 2.45) is 0 Å². The molecule has 1 aromatic rings. The van der Waals surface area contributed by atoms with Crippen LogP contribution in [0.25, 0.3) is 0 Å². The normalized spacial score (nSPS) is 10.0. The summed E-state index contributed by atoms with van der Waals surface area (Å²) < 4.78 is 0. The van der Waals surface area contributed by atoms with E-state index in [1.54, 1.807) is 12.1 Å². The smallest absolute Gasteiger partial charge is 0.293 e. The van der Waals surface area contributed by atoms with E-state index in [9.17, 15) is 10.1 Å². The van der Waals surface area contributed by atoms with Gasteiger partial charge in [-0.15, -0.1) is 0 Å². The van der Waals surface area contributed by atoms with Gasteiger partial charge in [0.25, 0.3) is 5.69 Å². The first-order valence-corrected chi connectivity index (χ1v) is 5.11. The molecule has 0 radical (unpaired) electrons. The van der Waals surface area contributed by atoms with Crippen LogP contribution in [0.1, 0.15) is 5.56 Å². The Hall–Kier alpha value is -2.13. The molecule has 0 unspecified atom stereocenters. The second kappa shape index (κ2) is 5.82. The van der Waals surface area contributed by atoms with E-state index in [1.807, 2.05) is 25.1 Å². The Morgan fingerprint density at radius 1 is 1.53 bits per heavy atom. The molecular formula is C11H14N4O2. The van der Waals surface area contributed by atoms with Crippen LogP contribution >= 0.6 is 0 Å². The summed E-state index contributed by atoms with van der Waals surface area (Å²) in [6, 6.07) is 6.28. The number of nitro benzene ring substituents is 1. The topological polar surface area (TPSA) is 82.2 Å². The fraction of sp³-hybridized carbons (Fsp3) is 0.364. The van der Waals surface area contributed by atoms with E-state index in [2.05, 4.69) is 5.32 Å². The van der Waals surface area contributed by atoms with Crippen molar-refractivity contribution in [3.63, 3.8) is 0 Å². The largest absolute Gasteiger partial charge is 0.378 e. The third-order valence-corrected chi connectivity index (χ3v) is 2.20. The van der Waals surface area contributed by atoms with Gasteiger partial charge in [0.05, 0.1) is 16.6 Å². The molecule has 0 aliphatic heterocycles. The number of nitro groups is 1. The molecule has 0 atom stereocenters. The first kappa shape index (κ1) is 12.9. The molecule has 0 heterocycles. The average Bonchev–Trinajstić information content (AvgIpc) is 2.28. The lowest BCUT2D eigenvalue weighted by Gasteiger charge is -2.11. The molecule has 0 saturated carbocycles. The van der Waals surface area contributed by atoms with Crippen LogP contribution in [-0.4, -0.2) is 37.0 Å². The van der Waals surface area contributed by atoms with Crippen LogP contribution in [-0.2, 0) is 0 Å². The zero-order valence-corrected chi connectivity index (χ0v) is 9.80. The maximum atomic E-state index is 10.8. The summed E-state index contributed by atoms with van der Waals surface area (Å²) >= 11 is 0. The van der Waals surface area contributed by atoms with Gasteiger partial charge in [-0.2, -0.15) is 5.26 Å². The molecule has 6 heteroatoms. The number of anilines is 1. The lowest BCUT2D eigenvalue weighted by atomic mass is 10.2. The Kier molecular flexibility index (Phi) is 4.43. The van der Waals surface area contributed by atoms with Gasteiger partial charge in [0.1, 0.15) is 5.69 Å². The molecule has 0 aromatic heterocycles. The number of nitrogens with zero attached hydrogens (tertiary/aromatic N) is 3. The molecule has 0 bridgehead atoms. The van der Waals surface area contributed by atoms with E-state index in [-0.39, 0.29) is 11.3 Å². The molecule has 0 fully saturated rings. The Bertz CT molecular complexity index is 451. The van der Waals surface area contributed by atoms with Crippen LogP contribution in [0.4, 0.5) is 11.4 Å². The summed E-state index contributed by atoms with van der Waals surface area (Å²) in [5.41, 5.74) is 0.661. The van der Waals surface area contributed by atoms with Crippen molar-refractivity contribution < 1.29 is 4.92 Å². The van der Waals surface area contributed by atoms with Crippen molar-refractivity contribution >= 4 is 11.4 Å². The van der Waals surface area contributed by atoms with Crippen molar-refractivity contribution in [3.05, 3.63) is 33.9 Å². The molecule has 1 N–H and O–H groups in total. The molecular weight excluding hydrogens is 220 g/mol. The minimum Gasteiger partial charge on any atom is -0.378 e. The highest BCUT2D eigenvalue weighted by Gasteiger charge is 2.14. The zero-order chi connectivity index (χ0) is 12.8. The summed E-state index contributed by atoms with van der Waals surface area (Å²) in [7, 11) is 3.85. The number of hydrogen-bond donors (Lipinski definition) is 1. The van der Waals surface area contributed by atoms with Gasteiger partial charge in [0, 0.05) is 19.2 Å². The fourth-order valence-corrected chi connectivity index (χ4v) is 1.32. The quantitative estimate of drug-likeness (QED) is 0.615. The van der Waals surface area contributed by atoms with Crippen molar-refractivity contribution in [3.8, 4) is 6.07 Å². The van der Waals surface area contributed by atoms with E-state index in [4.69, 9.17) is 5.26 Å². The van der Waals surface area contributed by atoms with E-state index in [0.717, 1.165) is 6.54 Å². The number of benzene rings is 1. The number of rotatable bonds is 5. The standard InChI is InChI=1S/C11H14N4O2/c1-14(2)6-5-13-10-4-3-9(8-12)7-11(10)15(16)17/h3-4,7,13H,5-6H2,1-2H3. The van der Waals surface area contributed by atoms with Crippen LogP contribution in [0.5, 0.6) is 0 Å². The second-order valence-electron chi connectivity index (χ2n) is 3.83. The molecule has 6 nitrogen and oxygen atoms in total. The minimum absolute atomic E-state index is 0.0668. The van der Waals surface area contributed by atoms with Crippen molar-refractivity contribution in [2.45, 2.75) is 0 Å². The van der Waals surface area contributed by atoms with Crippen LogP contribution in [0, 0.1) is 21.4 Å². The first-order chi connectivity index (χ1) is 8.04. The number of nitriles is 1. The SMILES string of the molecule is CN(C)CCNc1ccc(C#N)cc1[N+](=O)[O-]. The molecule has 90 valence electrons. The van der Waals surface area contributed by atoms with Crippen LogP contribution in [0.2, 0.25) is 0 Å². The van der Waals surface area contributed by atoms with E-state index in [0.29, 0.717) is 12.2 Å². The summed E-state index contributed by atoms with van der Waals surface area (Å²) in [6.07, 6.45) is 0. The average molecular weight is 234 g/mol. The van der Waals surface area contributed by atoms with E-state index >= 15 is 0 Å². The van der Waals surface area contributed by atoms with Crippen molar-refractivity contribution in [1.29, 1.82) is 5.26 Å². The summed E-state index contributed by atoms with van der Waals surface area (Å²) in [4.78, 5) is 12.3. The summed E-state index contributed by atoms with van der Waals surface area (Å²) in [5, 5.41) is 22.5. The molecule has 0 aliphatic rings. The van der Waals surface area contributed by atoms with Crippen LogP contribution in [0.15, 0.2) is 18.2 Å².